The second-order valence-electron chi connectivity index (χ2n) is 7.39. The maximum absolute atomic E-state index is 11.2. The standard InChI is InChI=1S/C22H24N4O2/c1-25-15-23-13-21(25)20-7-3-6-19(24-20)17-8-10-26(11-9-17)14-16-4-2-5-18(12-16)22(27)28/h2-7,12-13,15,17H,8-11,14H2,1H3,(H,27,28). The summed E-state index contributed by atoms with van der Waals surface area (Å²) in [6.07, 6.45) is 5.75. The Morgan fingerprint density at radius 1 is 1.18 bits per heavy atom. The number of aryl methyl sites for hydroxylation is 1. The molecule has 1 aliphatic heterocycles. The molecule has 4 rings (SSSR count). The molecular formula is C22H24N4O2. The number of piperidine rings is 1. The minimum absolute atomic E-state index is 0.351. The van der Waals surface area contributed by atoms with Crippen LogP contribution < -0.4 is 0 Å². The van der Waals surface area contributed by atoms with Crippen molar-refractivity contribution in [3.8, 4) is 11.4 Å². The lowest BCUT2D eigenvalue weighted by Gasteiger charge is -2.31. The van der Waals surface area contributed by atoms with Gasteiger partial charge in [-0.15, -0.1) is 0 Å². The summed E-state index contributed by atoms with van der Waals surface area (Å²) in [6.45, 7) is 2.76. The smallest absolute Gasteiger partial charge is 0.335 e. The number of aromatic nitrogens is 3. The van der Waals surface area contributed by atoms with E-state index in [0.29, 0.717) is 11.5 Å². The van der Waals surface area contributed by atoms with Crippen LogP contribution in [0.2, 0.25) is 0 Å². The number of carboxylic acids is 1. The lowest BCUT2D eigenvalue weighted by atomic mass is 9.92. The van der Waals surface area contributed by atoms with Gasteiger partial charge in [0, 0.05) is 25.2 Å². The van der Waals surface area contributed by atoms with Crippen LogP contribution in [-0.4, -0.2) is 43.6 Å². The van der Waals surface area contributed by atoms with Crippen LogP contribution in [0.25, 0.3) is 11.4 Å². The van der Waals surface area contributed by atoms with Crippen molar-refractivity contribution in [2.24, 2.45) is 7.05 Å². The van der Waals surface area contributed by atoms with Crippen molar-refractivity contribution in [2.75, 3.05) is 13.1 Å². The molecule has 0 bridgehead atoms. The van der Waals surface area contributed by atoms with Gasteiger partial charge < -0.3 is 9.67 Å². The third-order valence-corrected chi connectivity index (χ3v) is 5.44. The predicted molar refractivity (Wildman–Crippen MR) is 107 cm³/mol. The number of hydrogen-bond donors (Lipinski definition) is 1. The van der Waals surface area contributed by atoms with Crippen LogP contribution in [-0.2, 0) is 13.6 Å². The summed E-state index contributed by atoms with van der Waals surface area (Å²) in [7, 11) is 1.98. The van der Waals surface area contributed by atoms with Gasteiger partial charge in [0.25, 0.3) is 0 Å². The van der Waals surface area contributed by atoms with E-state index in [0.717, 1.165) is 55.1 Å². The molecule has 1 N–H and O–H groups in total. The maximum atomic E-state index is 11.2. The van der Waals surface area contributed by atoms with Gasteiger partial charge in [0.15, 0.2) is 0 Å². The fourth-order valence-corrected chi connectivity index (χ4v) is 3.87. The Morgan fingerprint density at radius 3 is 2.68 bits per heavy atom. The van der Waals surface area contributed by atoms with Crippen LogP contribution in [0.4, 0.5) is 0 Å². The van der Waals surface area contributed by atoms with E-state index in [4.69, 9.17) is 10.1 Å². The monoisotopic (exact) mass is 376 g/mol. The molecule has 2 aromatic heterocycles. The van der Waals surface area contributed by atoms with Crippen molar-refractivity contribution < 1.29 is 9.90 Å². The topological polar surface area (TPSA) is 71.2 Å². The summed E-state index contributed by atoms with van der Waals surface area (Å²) in [4.78, 5) is 22.6. The van der Waals surface area contributed by atoms with E-state index >= 15 is 0 Å². The van der Waals surface area contributed by atoms with Gasteiger partial charge in [0.05, 0.1) is 29.5 Å². The molecule has 1 saturated heterocycles. The lowest BCUT2D eigenvalue weighted by Crippen LogP contribution is -2.32. The molecule has 28 heavy (non-hydrogen) atoms. The highest BCUT2D eigenvalue weighted by molar-refractivity contribution is 5.87. The fourth-order valence-electron chi connectivity index (χ4n) is 3.87. The summed E-state index contributed by atoms with van der Waals surface area (Å²) >= 11 is 0. The molecule has 0 saturated carbocycles. The van der Waals surface area contributed by atoms with Crippen molar-refractivity contribution in [3.05, 3.63) is 71.8 Å². The van der Waals surface area contributed by atoms with Crippen molar-refractivity contribution in [3.63, 3.8) is 0 Å². The number of hydrogen-bond acceptors (Lipinski definition) is 4. The van der Waals surface area contributed by atoms with Gasteiger partial charge in [-0.1, -0.05) is 18.2 Å². The summed E-state index contributed by atoms with van der Waals surface area (Å²) in [5, 5.41) is 9.16. The minimum Gasteiger partial charge on any atom is -0.478 e. The zero-order valence-corrected chi connectivity index (χ0v) is 16.0. The Bertz CT molecular complexity index is 974. The zero-order chi connectivity index (χ0) is 19.5. The third-order valence-electron chi connectivity index (χ3n) is 5.44. The molecule has 1 aliphatic rings. The van der Waals surface area contributed by atoms with Gasteiger partial charge in [-0.25, -0.2) is 9.78 Å². The molecule has 144 valence electrons. The normalized spacial score (nSPS) is 15.6. The molecule has 3 aromatic rings. The van der Waals surface area contributed by atoms with E-state index in [1.807, 2.05) is 36.0 Å². The molecule has 6 heteroatoms. The summed E-state index contributed by atoms with van der Waals surface area (Å²) in [5.41, 5.74) is 4.53. The van der Waals surface area contributed by atoms with E-state index in [9.17, 15) is 4.79 Å². The van der Waals surface area contributed by atoms with Crippen LogP contribution in [0.3, 0.4) is 0 Å². The van der Waals surface area contributed by atoms with Crippen LogP contribution >= 0.6 is 0 Å². The second kappa shape index (κ2) is 7.94. The highest BCUT2D eigenvalue weighted by Crippen LogP contribution is 2.29. The highest BCUT2D eigenvalue weighted by Gasteiger charge is 2.22. The number of rotatable bonds is 5. The number of carboxylic acid groups (broad SMARTS) is 1. The second-order valence-corrected chi connectivity index (χ2v) is 7.39. The van der Waals surface area contributed by atoms with Gasteiger partial charge >= 0.3 is 5.97 Å². The number of pyridine rings is 1. The largest absolute Gasteiger partial charge is 0.478 e. The van der Waals surface area contributed by atoms with Gasteiger partial charge in [0.1, 0.15) is 0 Å². The number of likely N-dealkylation sites (tertiary alicyclic amines) is 1. The van der Waals surface area contributed by atoms with Crippen LogP contribution in [0.15, 0.2) is 55.0 Å². The Labute approximate surface area is 164 Å². The number of carbonyl (C=O) groups is 1. The summed E-state index contributed by atoms with van der Waals surface area (Å²) in [5.74, 6) is -0.422. The molecule has 3 heterocycles. The lowest BCUT2D eigenvalue weighted by molar-refractivity contribution is 0.0696. The Morgan fingerprint density at radius 2 is 1.96 bits per heavy atom. The van der Waals surface area contributed by atoms with Crippen molar-refractivity contribution in [1.29, 1.82) is 0 Å². The molecule has 1 fully saturated rings. The first kappa shape index (κ1) is 18.4. The maximum Gasteiger partial charge on any atom is 0.335 e. The van der Waals surface area contributed by atoms with E-state index in [1.165, 1.54) is 0 Å². The number of benzene rings is 1. The van der Waals surface area contributed by atoms with Gasteiger partial charge in [-0.05, 0) is 55.8 Å². The first-order chi connectivity index (χ1) is 13.6. The Hall–Kier alpha value is -2.99. The van der Waals surface area contributed by atoms with E-state index in [1.54, 1.807) is 18.5 Å². The van der Waals surface area contributed by atoms with Gasteiger partial charge in [0.2, 0.25) is 0 Å². The quantitative estimate of drug-likeness (QED) is 0.737. The SMILES string of the molecule is Cn1cncc1-c1cccc(C2CCN(Cc3cccc(C(=O)O)c3)CC2)n1. The van der Waals surface area contributed by atoms with Crippen molar-refractivity contribution in [1.82, 2.24) is 19.4 Å². The molecule has 1 aromatic carbocycles. The van der Waals surface area contributed by atoms with Crippen LogP contribution in [0.1, 0.15) is 40.4 Å². The molecule has 0 amide bonds. The van der Waals surface area contributed by atoms with E-state index < -0.39 is 5.97 Å². The van der Waals surface area contributed by atoms with Crippen molar-refractivity contribution in [2.45, 2.75) is 25.3 Å². The zero-order valence-electron chi connectivity index (χ0n) is 16.0. The van der Waals surface area contributed by atoms with Crippen LogP contribution in [0.5, 0.6) is 0 Å². The highest BCUT2D eigenvalue weighted by atomic mass is 16.4. The molecule has 0 spiro atoms. The fraction of sp³-hybridized carbons (Fsp3) is 0.318. The van der Waals surface area contributed by atoms with Crippen molar-refractivity contribution >= 4 is 5.97 Å². The Balaban J connectivity index is 1.40. The van der Waals surface area contributed by atoms with Gasteiger partial charge in [-0.2, -0.15) is 0 Å². The van der Waals surface area contributed by atoms with Crippen LogP contribution in [0, 0.1) is 0 Å². The average molecular weight is 376 g/mol. The number of imidazole rings is 1. The molecular weight excluding hydrogens is 352 g/mol. The predicted octanol–water partition coefficient (Wildman–Crippen LogP) is 3.56. The minimum atomic E-state index is -0.875. The number of aromatic carboxylic acids is 1. The van der Waals surface area contributed by atoms with Gasteiger partial charge in [-0.3, -0.25) is 9.88 Å². The molecule has 6 nitrogen and oxygen atoms in total. The molecule has 0 unspecified atom stereocenters. The molecule has 0 atom stereocenters. The number of nitrogens with zero attached hydrogens (tertiary/aromatic N) is 4. The van der Waals surface area contributed by atoms with E-state index in [-0.39, 0.29) is 0 Å². The van der Waals surface area contributed by atoms with E-state index in [2.05, 4.69) is 22.0 Å². The Kier molecular flexibility index (Phi) is 5.21. The molecule has 0 radical (unpaired) electrons. The summed E-state index contributed by atoms with van der Waals surface area (Å²) in [6, 6.07) is 13.5. The summed E-state index contributed by atoms with van der Waals surface area (Å²) < 4.78 is 1.99. The molecule has 0 aliphatic carbocycles. The first-order valence-electron chi connectivity index (χ1n) is 9.58. The first-order valence-corrected chi connectivity index (χ1v) is 9.58. The average Bonchev–Trinajstić information content (AvgIpc) is 3.15. The third kappa shape index (κ3) is 3.97.